The van der Waals surface area contributed by atoms with Crippen LogP contribution in [0, 0.1) is 0 Å². The molecule has 1 fully saturated rings. The van der Waals surface area contributed by atoms with Gasteiger partial charge in [0.1, 0.15) is 5.75 Å². The molecule has 94 valence electrons. The molecule has 17 heavy (non-hydrogen) atoms. The number of hydrogen-bond acceptors (Lipinski definition) is 3. The van der Waals surface area contributed by atoms with Gasteiger partial charge >= 0.3 is 0 Å². The topological polar surface area (TPSA) is 26.7 Å². The van der Waals surface area contributed by atoms with Gasteiger partial charge in [-0.05, 0) is 38.6 Å². The fourth-order valence-electron chi connectivity index (χ4n) is 2.34. The molecule has 1 aliphatic rings. The van der Waals surface area contributed by atoms with E-state index in [2.05, 4.69) is 30.7 Å². The van der Waals surface area contributed by atoms with Gasteiger partial charge in [-0.1, -0.05) is 12.1 Å². The molecule has 0 amide bonds. The first-order valence-electron chi connectivity index (χ1n) is 6.19. The number of hydrogen-bond donors (Lipinski definition) is 1. The minimum absolute atomic E-state index is 0.245. The number of nitrogens with zero attached hydrogens (tertiary/aromatic N) is 2. The molecule has 0 aromatic heterocycles. The smallest absolute Gasteiger partial charge is 0.115 e. The van der Waals surface area contributed by atoms with E-state index in [-0.39, 0.29) is 5.54 Å². The van der Waals surface area contributed by atoms with Crippen LogP contribution in [0.3, 0.4) is 0 Å². The van der Waals surface area contributed by atoms with E-state index in [0.717, 1.165) is 26.2 Å². The SMILES string of the molecule is CN1CCN(Cc2ccc(O)cc2)CC1(C)C. The number of benzene rings is 1. The average molecular weight is 234 g/mol. The first kappa shape index (κ1) is 12.4. The highest BCUT2D eigenvalue weighted by atomic mass is 16.3. The van der Waals surface area contributed by atoms with Gasteiger partial charge in [-0.25, -0.2) is 0 Å². The van der Waals surface area contributed by atoms with Crippen LogP contribution in [0.25, 0.3) is 0 Å². The zero-order chi connectivity index (χ0) is 12.5. The van der Waals surface area contributed by atoms with Gasteiger partial charge in [-0.3, -0.25) is 9.80 Å². The summed E-state index contributed by atoms with van der Waals surface area (Å²) in [5.74, 6) is 0.340. The van der Waals surface area contributed by atoms with Gasteiger partial charge in [-0.2, -0.15) is 0 Å². The molecule has 0 radical (unpaired) electrons. The maximum absolute atomic E-state index is 9.26. The Bertz CT molecular complexity index is 372. The zero-order valence-corrected chi connectivity index (χ0v) is 11.0. The molecule has 3 heteroatoms. The fourth-order valence-corrected chi connectivity index (χ4v) is 2.34. The van der Waals surface area contributed by atoms with Gasteiger partial charge in [-0.15, -0.1) is 0 Å². The summed E-state index contributed by atoms with van der Waals surface area (Å²) < 4.78 is 0. The minimum atomic E-state index is 0.245. The Morgan fingerprint density at radius 3 is 2.41 bits per heavy atom. The summed E-state index contributed by atoms with van der Waals surface area (Å²) in [6.45, 7) is 8.86. The summed E-state index contributed by atoms with van der Waals surface area (Å²) in [6, 6.07) is 7.52. The van der Waals surface area contributed by atoms with Crippen molar-refractivity contribution in [2.24, 2.45) is 0 Å². The third-order valence-corrected chi connectivity index (χ3v) is 3.74. The number of likely N-dealkylation sites (N-methyl/N-ethyl adjacent to an activating group) is 1. The van der Waals surface area contributed by atoms with Crippen molar-refractivity contribution in [1.29, 1.82) is 0 Å². The molecule has 0 unspecified atom stereocenters. The van der Waals surface area contributed by atoms with Gasteiger partial charge < -0.3 is 5.11 Å². The van der Waals surface area contributed by atoms with Crippen LogP contribution in [0.1, 0.15) is 19.4 Å². The maximum Gasteiger partial charge on any atom is 0.115 e. The minimum Gasteiger partial charge on any atom is -0.508 e. The Hall–Kier alpha value is -1.06. The van der Waals surface area contributed by atoms with Crippen molar-refractivity contribution in [3.63, 3.8) is 0 Å². The predicted molar refractivity (Wildman–Crippen MR) is 70.1 cm³/mol. The van der Waals surface area contributed by atoms with Crippen molar-refractivity contribution in [3.05, 3.63) is 29.8 Å². The predicted octanol–water partition coefficient (Wildman–Crippen LogP) is 1.92. The third kappa shape index (κ3) is 2.99. The lowest BCUT2D eigenvalue weighted by Crippen LogP contribution is -2.57. The van der Waals surface area contributed by atoms with E-state index in [4.69, 9.17) is 0 Å². The van der Waals surface area contributed by atoms with Crippen molar-refractivity contribution in [2.75, 3.05) is 26.7 Å². The van der Waals surface area contributed by atoms with E-state index >= 15 is 0 Å². The maximum atomic E-state index is 9.26. The standard InChI is InChI=1S/C14H22N2O/c1-14(2)11-16(9-8-15(14)3)10-12-4-6-13(17)7-5-12/h4-7,17H,8-11H2,1-3H3. The van der Waals surface area contributed by atoms with E-state index in [1.165, 1.54) is 5.56 Å². The Kier molecular flexibility index (Phi) is 3.40. The van der Waals surface area contributed by atoms with Crippen molar-refractivity contribution in [1.82, 2.24) is 9.80 Å². The molecule has 1 aromatic carbocycles. The monoisotopic (exact) mass is 234 g/mol. The van der Waals surface area contributed by atoms with E-state index in [1.54, 1.807) is 12.1 Å². The number of aromatic hydroxyl groups is 1. The van der Waals surface area contributed by atoms with Crippen molar-refractivity contribution in [3.8, 4) is 5.75 Å². The molecule has 3 nitrogen and oxygen atoms in total. The quantitative estimate of drug-likeness (QED) is 0.847. The van der Waals surface area contributed by atoms with Gasteiger partial charge in [0.15, 0.2) is 0 Å². The first-order chi connectivity index (χ1) is 7.97. The Balaban J connectivity index is 1.98. The van der Waals surface area contributed by atoms with E-state index in [0.29, 0.717) is 5.75 Å². The van der Waals surface area contributed by atoms with Crippen LogP contribution in [0.5, 0.6) is 5.75 Å². The molecule has 0 aliphatic carbocycles. The van der Waals surface area contributed by atoms with E-state index < -0.39 is 0 Å². The lowest BCUT2D eigenvalue weighted by Gasteiger charge is -2.45. The van der Waals surface area contributed by atoms with Gasteiger partial charge in [0, 0.05) is 31.7 Å². The molecular weight excluding hydrogens is 212 g/mol. The second kappa shape index (κ2) is 4.67. The summed E-state index contributed by atoms with van der Waals surface area (Å²) in [7, 11) is 2.19. The lowest BCUT2D eigenvalue weighted by molar-refractivity contribution is 0.0360. The number of phenolic OH excluding ortho intramolecular Hbond substituents is 1. The highest BCUT2D eigenvalue weighted by Crippen LogP contribution is 2.20. The van der Waals surface area contributed by atoms with Crippen molar-refractivity contribution < 1.29 is 5.11 Å². The number of phenols is 1. The molecule has 1 aliphatic heterocycles. The van der Waals surface area contributed by atoms with Crippen LogP contribution in [0.15, 0.2) is 24.3 Å². The number of piperazine rings is 1. The molecule has 0 atom stereocenters. The van der Waals surface area contributed by atoms with Gasteiger partial charge in [0.2, 0.25) is 0 Å². The summed E-state index contributed by atoms with van der Waals surface area (Å²) in [6.07, 6.45) is 0. The number of rotatable bonds is 2. The van der Waals surface area contributed by atoms with Gasteiger partial charge in [0.05, 0.1) is 0 Å². The lowest BCUT2D eigenvalue weighted by atomic mass is 9.99. The molecule has 0 spiro atoms. The molecular formula is C14H22N2O. The highest BCUT2D eigenvalue weighted by molar-refractivity contribution is 5.25. The first-order valence-corrected chi connectivity index (χ1v) is 6.19. The zero-order valence-electron chi connectivity index (χ0n) is 11.0. The Morgan fingerprint density at radius 1 is 1.18 bits per heavy atom. The summed E-state index contributed by atoms with van der Waals surface area (Å²) in [5.41, 5.74) is 1.51. The van der Waals surface area contributed by atoms with Crippen molar-refractivity contribution >= 4 is 0 Å². The second-order valence-corrected chi connectivity index (χ2v) is 5.61. The highest BCUT2D eigenvalue weighted by Gasteiger charge is 2.30. The summed E-state index contributed by atoms with van der Waals surface area (Å²) in [5, 5.41) is 9.26. The Morgan fingerprint density at radius 2 is 1.82 bits per heavy atom. The van der Waals surface area contributed by atoms with Gasteiger partial charge in [0.25, 0.3) is 0 Å². The van der Waals surface area contributed by atoms with Crippen LogP contribution in [-0.2, 0) is 6.54 Å². The largest absolute Gasteiger partial charge is 0.508 e. The third-order valence-electron chi connectivity index (χ3n) is 3.74. The summed E-state index contributed by atoms with van der Waals surface area (Å²) >= 11 is 0. The molecule has 1 N–H and O–H groups in total. The Labute approximate surface area is 104 Å². The molecule has 0 saturated carbocycles. The fraction of sp³-hybridized carbons (Fsp3) is 0.571. The van der Waals surface area contributed by atoms with Crippen LogP contribution >= 0.6 is 0 Å². The normalized spacial score (nSPS) is 21.6. The molecule has 1 aromatic rings. The second-order valence-electron chi connectivity index (χ2n) is 5.61. The summed E-state index contributed by atoms with van der Waals surface area (Å²) in [4.78, 5) is 4.90. The van der Waals surface area contributed by atoms with Crippen LogP contribution in [-0.4, -0.2) is 47.1 Å². The van der Waals surface area contributed by atoms with E-state index in [1.807, 2.05) is 12.1 Å². The molecule has 2 rings (SSSR count). The average Bonchev–Trinajstić information content (AvgIpc) is 2.26. The molecule has 1 heterocycles. The van der Waals surface area contributed by atoms with Crippen LogP contribution in [0.2, 0.25) is 0 Å². The van der Waals surface area contributed by atoms with Crippen molar-refractivity contribution in [2.45, 2.75) is 25.9 Å². The van der Waals surface area contributed by atoms with Crippen LogP contribution < -0.4 is 0 Å². The van der Waals surface area contributed by atoms with Crippen LogP contribution in [0.4, 0.5) is 0 Å². The molecule has 1 saturated heterocycles. The van der Waals surface area contributed by atoms with E-state index in [9.17, 15) is 5.11 Å². The molecule has 0 bridgehead atoms.